The molecule has 6 nitrogen and oxygen atoms in total. The Morgan fingerprint density at radius 2 is 1.86 bits per heavy atom. The average molecular weight is 411 g/mol. The topological polar surface area (TPSA) is 60.1 Å². The molecular formula is C22H23ClN4O2. The summed E-state index contributed by atoms with van der Waals surface area (Å²) >= 11 is 6.22. The van der Waals surface area contributed by atoms with Gasteiger partial charge in [0, 0.05) is 31.1 Å². The summed E-state index contributed by atoms with van der Waals surface area (Å²) in [6.45, 7) is 1.26. The van der Waals surface area contributed by atoms with Crippen LogP contribution in [0, 0.1) is 0 Å². The van der Waals surface area contributed by atoms with Crippen molar-refractivity contribution in [1.29, 1.82) is 0 Å². The predicted octanol–water partition coefficient (Wildman–Crippen LogP) is 3.17. The molecule has 0 saturated carbocycles. The molecule has 1 aliphatic heterocycles. The number of carbonyl (C=O) groups excluding carboxylic acids is 1. The van der Waals surface area contributed by atoms with Crippen molar-refractivity contribution >= 4 is 17.5 Å². The lowest BCUT2D eigenvalue weighted by Gasteiger charge is -2.32. The highest BCUT2D eigenvalue weighted by molar-refractivity contribution is 6.31. The van der Waals surface area contributed by atoms with Crippen LogP contribution in [0.15, 0.2) is 59.4 Å². The van der Waals surface area contributed by atoms with E-state index in [-0.39, 0.29) is 23.9 Å². The Balaban J connectivity index is 1.58. The minimum Gasteiger partial charge on any atom is -0.342 e. The normalized spacial score (nSPS) is 16.8. The van der Waals surface area contributed by atoms with E-state index >= 15 is 0 Å². The Kier molecular flexibility index (Phi) is 5.53. The van der Waals surface area contributed by atoms with Gasteiger partial charge in [-0.25, -0.2) is 14.0 Å². The molecule has 0 N–H and O–H groups in total. The number of aryl methyl sites for hydroxylation is 1. The number of halogens is 1. The monoisotopic (exact) mass is 410 g/mol. The Labute approximate surface area is 174 Å². The largest absolute Gasteiger partial charge is 0.350 e. The Bertz CT molecular complexity index is 1070. The molecule has 4 rings (SSSR count). The van der Waals surface area contributed by atoms with Gasteiger partial charge >= 0.3 is 5.69 Å². The molecule has 0 unspecified atom stereocenters. The number of hydrogen-bond donors (Lipinski definition) is 0. The number of amides is 1. The van der Waals surface area contributed by atoms with Crippen molar-refractivity contribution in [3.05, 3.63) is 81.5 Å². The number of piperidine rings is 1. The number of rotatable bonds is 4. The first-order valence-electron chi connectivity index (χ1n) is 9.77. The molecule has 1 fully saturated rings. The van der Waals surface area contributed by atoms with E-state index in [9.17, 15) is 9.59 Å². The van der Waals surface area contributed by atoms with Crippen molar-refractivity contribution in [3.8, 4) is 5.69 Å². The fraction of sp³-hybridized carbons (Fsp3) is 0.318. The van der Waals surface area contributed by atoms with E-state index < -0.39 is 0 Å². The number of carbonyl (C=O) groups is 1. The second-order valence-electron chi connectivity index (χ2n) is 7.38. The zero-order chi connectivity index (χ0) is 20.4. The van der Waals surface area contributed by atoms with E-state index in [1.165, 1.54) is 4.68 Å². The molecule has 2 heterocycles. The molecule has 1 aliphatic rings. The molecule has 0 bridgehead atoms. The van der Waals surface area contributed by atoms with Gasteiger partial charge in [-0.2, -0.15) is 5.10 Å². The Hall–Kier alpha value is -2.86. The van der Waals surface area contributed by atoms with Crippen LogP contribution in [0.3, 0.4) is 0 Å². The van der Waals surface area contributed by atoms with Gasteiger partial charge in [0.1, 0.15) is 5.82 Å². The lowest BCUT2D eigenvalue weighted by Crippen LogP contribution is -2.40. The minimum atomic E-state index is -0.175. The van der Waals surface area contributed by atoms with Gasteiger partial charge in [-0.1, -0.05) is 48.0 Å². The second-order valence-corrected chi connectivity index (χ2v) is 7.79. The Morgan fingerprint density at radius 1 is 1.14 bits per heavy atom. The summed E-state index contributed by atoms with van der Waals surface area (Å²) in [4.78, 5) is 27.5. The molecular weight excluding hydrogens is 388 g/mol. The van der Waals surface area contributed by atoms with Gasteiger partial charge in [0.25, 0.3) is 0 Å². The second kappa shape index (κ2) is 8.25. The zero-order valence-corrected chi connectivity index (χ0v) is 17.0. The lowest BCUT2D eigenvalue weighted by molar-refractivity contribution is -0.131. The molecule has 1 amide bonds. The summed E-state index contributed by atoms with van der Waals surface area (Å²) in [5.74, 6) is 0.763. The van der Waals surface area contributed by atoms with Crippen molar-refractivity contribution in [2.75, 3.05) is 13.1 Å². The van der Waals surface area contributed by atoms with Gasteiger partial charge in [0.05, 0.1) is 12.1 Å². The molecule has 3 aromatic rings. The SMILES string of the molecule is Cn1nc([C@H]2CCCN(C(=O)Cc3ccccc3Cl)C2)n(-c2ccccc2)c1=O. The number of aromatic nitrogens is 3. The van der Waals surface area contributed by atoms with E-state index in [1.54, 1.807) is 17.7 Å². The van der Waals surface area contributed by atoms with Crippen LogP contribution in [0.5, 0.6) is 0 Å². The molecule has 2 aromatic carbocycles. The van der Waals surface area contributed by atoms with Gasteiger partial charge < -0.3 is 4.90 Å². The smallest absolute Gasteiger partial charge is 0.342 e. The summed E-state index contributed by atoms with van der Waals surface area (Å²) in [5.41, 5.74) is 1.45. The average Bonchev–Trinajstić information content (AvgIpc) is 3.05. The van der Waals surface area contributed by atoms with Crippen molar-refractivity contribution in [2.45, 2.75) is 25.2 Å². The fourth-order valence-electron chi connectivity index (χ4n) is 3.90. The quantitative estimate of drug-likeness (QED) is 0.663. The third kappa shape index (κ3) is 3.98. The van der Waals surface area contributed by atoms with Crippen LogP contribution in [0.2, 0.25) is 5.02 Å². The lowest BCUT2D eigenvalue weighted by atomic mass is 9.96. The molecule has 0 aliphatic carbocycles. The highest BCUT2D eigenvalue weighted by Crippen LogP contribution is 2.27. The first-order valence-corrected chi connectivity index (χ1v) is 10.1. The third-order valence-electron chi connectivity index (χ3n) is 5.40. The summed E-state index contributed by atoms with van der Waals surface area (Å²) in [6.07, 6.45) is 2.04. The van der Waals surface area contributed by atoms with Gasteiger partial charge in [0.2, 0.25) is 5.91 Å². The highest BCUT2D eigenvalue weighted by Gasteiger charge is 2.29. The van der Waals surface area contributed by atoms with Crippen molar-refractivity contribution in [2.24, 2.45) is 7.05 Å². The van der Waals surface area contributed by atoms with Crippen molar-refractivity contribution < 1.29 is 4.79 Å². The van der Waals surface area contributed by atoms with Gasteiger partial charge in [0.15, 0.2) is 0 Å². The molecule has 150 valence electrons. The first-order chi connectivity index (χ1) is 14.0. The maximum Gasteiger partial charge on any atom is 0.350 e. The van der Waals surface area contributed by atoms with Crippen LogP contribution in [0.25, 0.3) is 5.69 Å². The van der Waals surface area contributed by atoms with Crippen molar-refractivity contribution in [3.63, 3.8) is 0 Å². The summed E-state index contributed by atoms with van der Waals surface area (Å²) in [6, 6.07) is 16.9. The number of nitrogens with zero attached hydrogens (tertiary/aromatic N) is 4. The Morgan fingerprint density at radius 3 is 2.62 bits per heavy atom. The predicted molar refractivity (Wildman–Crippen MR) is 113 cm³/mol. The van der Waals surface area contributed by atoms with E-state index in [2.05, 4.69) is 5.10 Å². The highest BCUT2D eigenvalue weighted by atomic mass is 35.5. The zero-order valence-electron chi connectivity index (χ0n) is 16.3. The van der Waals surface area contributed by atoms with Crippen LogP contribution in [-0.2, 0) is 18.3 Å². The summed E-state index contributed by atoms with van der Waals surface area (Å²) < 4.78 is 3.03. The van der Waals surface area contributed by atoms with Gasteiger partial charge in [-0.3, -0.25) is 4.79 Å². The van der Waals surface area contributed by atoms with E-state index in [1.807, 2.05) is 53.4 Å². The van der Waals surface area contributed by atoms with E-state index in [0.29, 0.717) is 23.9 Å². The van der Waals surface area contributed by atoms with E-state index in [0.717, 1.165) is 24.1 Å². The van der Waals surface area contributed by atoms with Crippen LogP contribution in [-0.4, -0.2) is 38.2 Å². The number of likely N-dealkylation sites (tertiary alicyclic amines) is 1. The number of benzene rings is 2. The first kappa shape index (κ1) is 19.5. The molecule has 7 heteroatoms. The summed E-state index contributed by atoms with van der Waals surface area (Å²) in [5, 5.41) is 5.12. The van der Waals surface area contributed by atoms with Crippen molar-refractivity contribution in [1.82, 2.24) is 19.2 Å². The van der Waals surface area contributed by atoms with Crippen LogP contribution in [0.1, 0.15) is 30.1 Å². The molecule has 0 radical (unpaired) electrons. The standard InChI is InChI=1S/C22H23ClN4O2/c1-25-22(29)27(18-10-3-2-4-11-18)21(24-25)17-9-7-13-26(15-17)20(28)14-16-8-5-6-12-19(16)23/h2-6,8,10-12,17H,7,9,13-15H2,1H3/t17-/m0/s1. The minimum absolute atomic E-state index is 0.00746. The van der Waals surface area contributed by atoms with Crippen LogP contribution >= 0.6 is 11.6 Å². The summed E-state index contributed by atoms with van der Waals surface area (Å²) in [7, 11) is 1.66. The fourth-order valence-corrected chi connectivity index (χ4v) is 4.10. The number of para-hydroxylation sites is 1. The number of hydrogen-bond acceptors (Lipinski definition) is 3. The maximum absolute atomic E-state index is 12.9. The molecule has 1 atom stereocenters. The van der Waals surface area contributed by atoms with E-state index in [4.69, 9.17) is 11.6 Å². The molecule has 1 saturated heterocycles. The molecule has 29 heavy (non-hydrogen) atoms. The molecule has 0 spiro atoms. The van der Waals surface area contributed by atoms with Crippen LogP contribution < -0.4 is 5.69 Å². The maximum atomic E-state index is 12.9. The van der Waals surface area contributed by atoms with Crippen LogP contribution in [0.4, 0.5) is 0 Å². The molecule has 1 aromatic heterocycles. The third-order valence-corrected chi connectivity index (χ3v) is 5.77. The van der Waals surface area contributed by atoms with Gasteiger partial charge in [-0.05, 0) is 36.6 Å². The van der Waals surface area contributed by atoms with Gasteiger partial charge in [-0.15, -0.1) is 0 Å².